The van der Waals surface area contributed by atoms with Crippen LogP contribution in [0.25, 0.3) is 0 Å². The third kappa shape index (κ3) is 4.75. The largest absolute Gasteiger partial charge is 0.379 e. The van der Waals surface area contributed by atoms with E-state index in [0.29, 0.717) is 26.4 Å². The number of benzene rings is 2. The molecule has 0 radical (unpaired) electrons. The number of carbonyl (C=O) groups is 1. The van der Waals surface area contributed by atoms with Crippen LogP contribution in [0.3, 0.4) is 0 Å². The van der Waals surface area contributed by atoms with E-state index in [9.17, 15) is 4.79 Å². The Hall–Kier alpha value is -2.05. The highest BCUT2D eigenvalue weighted by Crippen LogP contribution is 2.32. The number of nitrogens with zero attached hydrogens (tertiary/aromatic N) is 2. The van der Waals surface area contributed by atoms with E-state index in [0.717, 1.165) is 31.7 Å². The third-order valence-corrected chi connectivity index (χ3v) is 5.89. The molecule has 0 spiro atoms. The normalized spacial score (nSPS) is 20.9. The van der Waals surface area contributed by atoms with E-state index < -0.39 is 0 Å². The van der Waals surface area contributed by atoms with Gasteiger partial charge in [0.1, 0.15) is 0 Å². The minimum absolute atomic E-state index is 0.00962. The Morgan fingerprint density at radius 2 is 1.45 bits per heavy atom. The molecule has 0 unspecified atom stereocenters. The van der Waals surface area contributed by atoms with Gasteiger partial charge >= 0.3 is 0 Å². The molecular weight excluding hydrogens is 364 g/mol. The van der Waals surface area contributed by atoms with Crippen LogP contribution in [0, 0.1) is 6.92 Å². The van der Waals surface area contributed by atoms with E-state index >= 15 is 0 Å². The minimum atomic E-state index is -0.249. The standard InChI is InChI=1S/C24H30N2O3/c1-19-6-5-9-21(18-19)22(25-10-14-28-15-11-25)23(26-12-16-29-17-13-26)24(27)20-7-3-2-4-8-20/h2-9,18,22-23H,10-17H2,1H3/t22-,23-/m0/s1. The van der Waals surface area contributed by atoms with Gasteiger partial charge in [0, 0.05) is 31.7 Å². The van der Waals surface area contributed by atoms with Crippen LogP contribution in [-0.4, -0.2) is 74.2 Å². The van der Waals surface area contributed by atoms with Crippen LogP contribution in [0.15, 0.2) is 54.6 Å². The fourth-order valence-electron chi connectivity index (χ4n) is 4.44. The third-order valence-electron chi connectivity index (χ3n) is 5.89. The molecule has 5 nitrogen and oxygen atoms in total. The van der Waals surface area contributed by atoms with Crippen molar-refractivity contribution in [1.29, 1.82) is 0 Å². The number of rotatable bonds is 6. The van der Waals surface area contributed by atoms with E-state index in [1.807, 2.05) is 30.3 Å². The molecule has 0 N–H and O–H groups in total. The van der Waals surface area contributed by atoms with Crippen molar-refractivity contribution in [3.05, 3.63) is 71.3 Å². The average molecular weight is 395 g/mol. The van der Waals surface area contributed by atoms with Gasteiger partial charge in [0.25, 0.3) is 0 Å². The summed E-state index contributed by atoms with van der Waals surface area (Å²) in [4.78, 5) is 18.6. The van der Waals surface area contributed by atoms with Crippen molar-refractivity contribution in [2.75, 3.05) is 52.6 Å². The van der Waals surface area contributed by atoms with E-state index in [1.54, 1.807) is 0 Å². The summed E-state index contributed by atoms with van der Waals surface area (Å²) in [5, 5.41) is 0. The zero-order chi connectivity index (χ0) is 20.1. The number of Topliss-reactive ketones (excluding diaryl/α,β-unsaturated/α-hetero) is 1. The minimum Gasteiger partial charge on any atom is -0.379 e. The molecule has 2 aromatic carbocycles. The number of aryl methyl sites for hydroxylation is 1. The van der Waals surface area contributed by atoms with Gasteiger partial charge in [-0.1, -0.05) is 60.2 Å². The summed E-state index contributed by atoms with van der Waals surface area (Å²) >= 11 is 0. The number of carbonyl (C=O) groups excluding carboxylic acids is 1. The molecule has 0 aliphatic carbocycles. The Balaban J connectivity index is 1.77. The number of ether oxygens (including phenoxy) is 2. The first kappa shape index (κ1) is 20.2. The van der Waals surface area contributed by atoms with Crippen LogP contribution >= 0.6 is 0 Å². The second kappa shape index (κ2) is 9.63. The summed E-state index contributed by atoms with van der Waals surface area (Å²) in [6.07, 6.45) is 0. The Kier molecular flexibility index (Phi) is 6.72. The lowest BCUT2D eigenvalue weighted by atomic mass is 9.89. The van der Waals surface area contributed by atoms with Gasteiger partial charge in [0.15, 0.2) is 5.78 Å². The Labute approximate surface area is 173 Å². The van der Waals surface area contributed by atoms with Gasteiger partial charge in [0.05, 0.1) is 38.5 Å². The van der Waals surface area contributed by atoms with Gasteiger partial charge in [-0.2, -0.15) is 0 Å². The van der Waals surface area contributed by atoms with Crippen LogP contribution in [0.5, 0.6) is 0 Å². The van der Waals surface area contributed by atoms with Gasteiger partial charge in [-0.05, 0) is 12.5 Å². The molecule has 154 valence electrons. The number of morpholine rings is 2. The summed E-state index contributed by atoms with van der Waals surface area (Å²) in [6.45, 7) is 8.08. The van der Waals surface area contributed by atoms with Crippen molar-refractivity contribution in [3.8, 4) is 0 Å². The highest BCUT2D eigenvalue weighted by Gasteiger charge is 2.39. The highest BCUT2D eigenvalue weighted by atomic mass is 16.5. The maximum atomic E-state index is 13.8. The van der Waals surface area contributed by atoms with Crippen molar-refractivity contribution in [3.63, 3.8) is 0 Å². The molecule has 2 atom stereocenters. The zero-order valence-corrected chi connectivity index (χ0v) is 17.1. The predicted octanol–water partition coefficient (Wildman–Crippen LogP) is 2.95. The van der Waals surface area contributed by atoms with Crippen LogP contribution in [0.1, 0.15) is 27.5 Å². The van der Waals surface area contributed by atoms with E-state index in [4.69, 9.17) is 9.47 Å². The SMILES string of the molecule is Cc1cccc([C@@H]([C@@H](C(=O)c2ccccc2)N2CCOCC2)N2CCOCC2)c1. The molecule has 4 rings (SSSR count). The predicted molar refractivity (Wildman–Crippen MR) is 113 cm³/mol. The first-order valence-electron chi connectivity index (χ1n) is 10.5. The van der Waals surface area contributed by atoms with Crippen molar-refractivity contribution in [2.24, 2.45) is 0 Å². The van der Waals surface area contributed by atoms with Gasteiger partial charge < -0.3 is 9.47 Å². The Morgan fingerprint density at radius 3 is 2.07 bits per heavy atom. The lowest BCUT2D eigenvalue weighted by Crippen LogP contribution is -2.55. The summed E-state index contributed by atoms with van der Waals surface area (Å²) in [5.74, 6) is 0.186. The monoisotopic (exact) mass is 394 g/mol. The molecule has 2 aliphatic rings. The molecule has 5 heteroatoms. The highest BCUT2D eigenvalue weighted by molar-refractivity contribution is 6.00. The molecule has 0 aromatic heterocycles. The van der Waals surface area contributed by atoms with Crippen LogP contribution < -0.4 is 0 Å². The van der Waals surface area contributed by atoms with Crippen molar-refractivity contribution < 1.29 is 14.3 Å². The van der Waals surface area contributed by atoms with Gasteiger partial charge in [0.2, 0.25) is 0 Å². The molecule has 29 heavy (non-hydrogen) atoms. The van der Waals surface area contributed by atoms with Crippen LogP contribution in [-0.2, 0) is 9.47 Å². The van der Waals surface area contributed by atoms with E-state index in [-0.39, 0.29) is 17.9 Å². The smallest absolute Gasteiger partial charge is 0.181 e. The van der Waals surface area contributed by atoms with Crippen LogP contribution in [0.4, 0.5) is 0 Å². The lowest BCUT2D eigenvalue weighted by molar-refractivity contribution is -0.0301. The van der Waals surface area contributed by atoms with Gasteiger partial charge in [-0.25, -0.2) is 0 Å². The van der Waals surface area contributed by atoms with E-state index in [2.05, 4.69) is 41.0 Å². The maximum absolute atomic E-state index is 13.8. The summed E-state index contributed by atoms with van der Waals surface area (Å²) < 4.78 is 11.2. The van der Waals surface area contributed by atoms with Crippen molar-refractivity contribution >= 4 is 5.78 Å². The summed E-state index contributed by atoms with van der Waals surface area (Å²) in [5.41, 5.74) is 3.19. The Morgan fingerprint density at radius 1 is 0.828 bits per heavy atom. The first-order valence-corrected chi connectivity index (χ1v) is 10.5. The molecule has 0 saturated carbocycles. The first-order chi connectivity index (χ1) is 14.2. The lowest BCUT2D eigenvalue weighted by Gasteiger charge is -2.44. The molecule has 2 aromatic rings. The van der Waals surface area contributed by atoms with Gasteiger partial charge in [-0.15, -0.1) is 0 Å². The average Bonchev–Trinajstić information content (AvgIpc) is 2.79. The van der Waals surface area contributed by atoms with Crippen molar-refractivity contribution in [2.45, 2.75) is 19.0 Å². The maximum Gasteiger partial charge on any atom is 0.181 e. The van der Waals surface area contributed by atoms with E-state index in [1.165, 1.54) is 11.1 Å². The topological polar surface area (TPSA) is 42.0 Å². The molecule has 0 amide bonds. The van der Waals surface area contributed by atoms with Crippen molar-refractivity contribution in [1.82, 2.24) is 9.80 Å². The number of hydrogen-bond acceptors (Lipinski definition) is 5. The number of hydrogen-bond donors (Lipinski definition) is 0. The molecule has 2 heterocycles. The molecule has 2 aliphatic heterocycles. The summed E-state index contributed by atoms with van der Waals surface area (Å²) in [6, 6.07) is 18.1. The van der Waals surface area contributed by atoms with Crippen LogP contribution in [0.2, 0.25) is 0 Å². The quantitative estimate of drug-likeness (QED) is 0.705. The van der Waals surface area contributed by atoms with Gasteiger partial charge in [-0.3, -0.25) is 14.6 Å². The summed E-state index contributed by atoms with van der Waals surface area (Å²) in [7, 11) is 0. The Bertz CT molecular complexity index is 799. The zero-order valence-electron chi connectivity index (χ0n) is 17.1. The second-order valence-corrected chi connectivity index (χ2v) is 7.83. The molecule has 0 bridgehead atoms. The second-order valence-electron chi connectivity index (χ2n) is 7.83. The molecule has 2 fully saturated rings. The molecular formula is C24H30N2O3. The fourth-order valence-corrected chi connectivity index (χ4v) is 4.44. The number of ketones is 1. The fraction of sp³-hybridized carbons (Fsp3) is 0.458. The molecule has 2 saturated heterocycles.